The molecule has 28 heavy (non-hydrogen) atoms. The van der Waals surface area contributed by atoms with Crippen molar-refractivity contribution >= 4 is 34.3 Å². The van der Waals surface area contributed by atoms with Crippen LogP contribution in [0, 0.1) is 13.8 Å². The molecule has 0 unspecified atom stereocenters. The van der Waals surface area contributed by atoms with Crippen molar-refractivity contribution in [3.63, 3.8) is 0 Å². The maximum absolute atomic E-state index is 13.3. The fraction of sp³-hybridized carbons (Fsp3) is 0.400. The Kier molecular flexibility index (Phi) is 4.66. The molecule has 0 radical (unpaired) electrons. The first-order valence-corrected chi connectivity index (χ1v) is 10.00. The number of esters is 1. The molecule has 0 saturated heterocycles. The number of pyridine rings is 1. The van der Waals surface area contributed by atoms with Crippen molar-refractivity contribution in [2.24, 2.45) is 0 Å². The van der Waals surface area contributed by atoms with E-state index in [1.165, 1.54) is 7.11 Å². The molecule has 1 N–H and O–H groups in total. The number of rotatable bonds is 4. The number of methoxy groups -OCH3 is 1. The average Bonchev–Trinajstić information content (AvgIpc) is 3.42. The minimum Gasteiger partial charge on any atom is -0.467 e. The molecule has 1 aliphatic rings. The molecular formula is C20H21N3O4S. The number of carbonyl (C=O) groups is 2. The maximum Gasteiger partial charge on any atom is 0.331 e. The van der Waals surface area contributed by atoms with Crippen molar-refractivity contribution in [3.8, 4) is 10.6 Å². The Hall–Kier alpha value is -2.74. The van der Waals surface area contributed by atoms with Gasteiger partial charge in [0.15, 0.2) is 0 Å². The molecule has 3 aromatic rings. The van der Waals surface area contributed by atoms with Crippen molar-refractivity contribution < 1.29 is 18.8 Å². The molecule has 3 aromatic heterocycles. The van der Waals surface area contributed by atoms with E-state index in [4.69, 9.17) is 9.26 Å². The zero-order valence-corrected chi connectivity index (χ0v) is 16.8. The van der Waals surface area contributed by atoms with E-state index in [2.05, 4.69) is 15.5 Å². The van der Waals surface area contributed by atoms with Gasteiger partial charge in [0.1, 0.15) is 5.54 Å². The number of thiophene rings is 1. The largest absolute Gasteiger partial charge is 0.467 e. The van der Waals surface area contributed by atoms with Crippen LogP contribution < -0.4 is 5.32 Å². The first kappa shape index (κ1) is 18.6. The molecule has 8 heteroatoms. The molecule has 4 rings (SSSR count). The lowest BCUT2D eigenvalue weighted by molar-refractivity contribution is -0.148. The van der Waals surface area contributed by atoms with Gasteiger partial charge in [0.2, 0.25) is 0 Å². The number of ether oxygens (including phenoxy) is 1. The van der Waals surface area contributed by atoms with Crippen LogP contribution in [0.1, 0.15) is 46.6 Å². The summed E-state index contributed by atoms with van der Waals surface area (Å²) in [4.78, 5) is 32.3. The van der Waals surface area contributed by atoms with Crippen LogP contribution in [0.2, 0.25) is 0 Å². The average molecular weight is 399 g/mol. The highest BCUT2D eigenvalue weighted by molar-refractivity contribution is 7.15. The molecule has 0 atom stereocenters. The summed E-state index contributed by atoms with van der Waals surface area (Å²) in [5.74, 6) is -0.750. The van der Waals surface area contributed by atoms with Crippen LogP contribution in [0.4, 0.5) is 0 Å². The van der Waals surface area contributed by atoms with Crippen molar-refractivity contribution in [1.29, 1.82) is 0 Å². The van der Waals surface area contributed by atoms with E-state index in [9.17, 15) is 9.59 Å². The number of amides is 1. The predicted molar refractivity (Wildman–Crippen MR) is 105 cm³/mol. The minimum atomic E-state index is -0.980. The van der Waals surface area contributed by atoms with Gasteiger partial charge < -0.3 is 14.6 Å². The van der Waals surface area contributed by atoms with Crippen LogP contribution in [-0.2, 0) is 9.53 Å². The molecule has 3 heterocycles. The molecule has 1 saturated carbocycles. The molecule has 1 amide bonds. The van der Waals surface area contributed by atoms with E-state index < -0.39 is 11.5 Å². The van der Waals surface area contributed by atoms with Crippen molar-refractivity contribution in [1.82, 2.24) is 15.5 Å². The second-order valence-electron chi connectivity index (χ2n) is 7.15. The van der Waals surface area contributed by atoms with Gasteiger partial charge in [-0.25, -0.2) is 9.78 Å². The summed E-state index contributed by atoms with van der Waals surface area (Å²) in [5.41, 5.74) is 0.960. The predicted octanol–water partition coefficient (Wildman–Crippen LogP) is 3.78. The highest BCUT2D eigenvalue weighted by atomic mass is 32.1. The third-order valence-corrected chi connectivity index (χ3v) is 6.26. The van der Waals surface area contributed by atoms with Gasteiger partial charge in [-0.2, -0.15) is 0 Å². The number of nitrogens with zero attached hydrogens (tertiary/aromatic N) is 2. The summed E-state index contributed by atoms with van der Waals surface area (Å²) in [5, 5.41) is 7.48. The van der Waals surface area contributed by atoms with Crippen LogP contribution in [0.25, 0.3) is 21.7 Å². The molecular weight excluding hydrogens is 378 g/mol. The lowest BCUT2D eigenvalue weighted by atomic mass is 9.96. The minimum absolute atomic E-state index is 0.310. The molecule has 146 valence electrons. The van der Waals surface area contributed by atoms with Gasteiger partial charge in [-0.15, -0.1) is 11.3 Å². The lowest BCUT2D eigenvalue weighted by Crippen LogP contribution is -2.53. The number of aromatic nitrogens is 2. The number of aryl methyl sites for hydroxylation is 2. The van der Waals surface area contributed by atoms with Gasteiger partial charge in [0.25, 0.3) is 11.6 Å². The molecule has 7 nitrogen and oxygen atoms in total. The third kappa shape index (κ3) is 3.07. The van der Waals surface area contributed by atoms with Crippen molar-refractivity contribution in [2.75, 3.05) is 7.11 Å². The highest BCUT2D eigenvalue weighted by Gasteiger charge is 2.44. The highest BCUT2D eigenvalue weighted by Crippen LogP contribution is 2.34. The maximum atomic E-state index is 13.3. The van der Waals surface area contributed by atoms with E-state index in [0.29, 0.717) is 40.9 Å². The molecule has 0 spiro atoms. The molecule has 0 aliphatic heterocycles. The Morgan fingerprint density at radius 3 is 2.64 bits per heavy atom. The number of hydrogen-bond acceptors (Lipinski definition) is 7. The number of fused-ring (bicyclic) bond motifs is 1. The summed E-state index contributed by atoms with van der Waals surface area (Å²) in [6.07, 6.45) is 2.87. The quantitative estimate of drug-likeness (QED) is 0.671. The Labute approximate surface area is 166 Å². The first-order chi connectivity index (χ1) is 13.4. The van der Waals surface area contributed by atoms with Crippen LogP contribution in [0.5, 0.6) is 0 Å². The summed E-state index contributed by atoms with van der Waals surface area (Å²) < 4.78 is 10.3. The topological polar surface area (TPSA) is 94.3 Å². The molecule has 0 bridgehead atoms. The van der Waals surface area contributed by atoms with Gasteiger partial charge in [0, 0.05) is 4.88 Å². The summed E-state index contributed by atoms with van der Waals surface area (Å²) >= 11 is 1.59. The standard InChI is InChI=1S/C20H21N3O4S/c1-11-6-7-15(28-11)14-10-13(16-12(2)23-27-18(16)21-14)17(24)22-20(19(25)26-3)8-4-5-9-20/h6-7,10H,4-5,8-9H2,1-3H3,(H,22,24). The van der Waals surface area contributed by atoms with Crippen molar-refractivity contribution in [3.05, 3.63) is 34.3 Å². The van der Waals surface area contributed by atoms with Crippen LogP contribution in [-0.4, -0.2) is 34.7 Å². The van der Waals surface area contributed by atoms with Gasteiger partial charge in [-0.05, 0) is 44.9 Å². The summed E-state index contributed by atoms with van der Waals surface area (Å²) in [7, 11) is 1.35. The Morgan fingerprint density at radius 1 is 1.25 bits per heavy atom. The van der Waals surface area contributed by atoms with Crippen LogP contribution in [0.3, 0.4) is 0 Å². The van der Waals surface area contributed by atoms with E-state index in [-0.39, 0.29) is 5.91 Å². The van der Waals surface area contributed by atoms with Crippen LogP contribution in [0.15, 0.2) is 22.7 Å². The SMILES string of the molecule is COC(=O)C1(NC(=O)c2cc(-c3ccc(C)s3)nc3onc(C)c23)CCCC1. The van der Waals surface area contributed by atoms with E-state index >= 15 is 0 Å². The number of carbonyl (C=O) groups excluding carboxylic acids is 2. The first-order valence-electron chi connectivity index (χ1n) is 9.18. The number of nitrogens with one attached hydrogen (secondary N) is 1. The third-order valence-electron chi connectivity index (χ3n) is 5.24. The summed E-state index contributed by atoms with van der Waals surface area (Å²) in [6.45, 7) is 3.78. The van der Waals surface area contributed by atoms with Crippen molar-refractivity contribution in [2.45, 2.75) is 45.1 Å². The van der Waals surface area contributed by atoms with Crippen LogP contribution >= 0.6 is 11.3 Å². The zero-order valence-electron chi connectivity index (χ0n) is 16.0. The monoisotopic (exact) mass is 399 g/mol. The Bertz CT molecular complexity index is 1060. The van der Waals surface area contributed by atoms with E-state index in [0.717, 1.165) is 22.6 Å². The van der Waals surface area contributed by atoms with Gasteiger partial charge in [0.05, 0.1) is 34.3 Å². The second kappa shape index (κ2) is 7.01. The van der Waals surface area contributed by atoms with E-state index in [1.54, 1.807) is 24.3 Å². The lowest BCUT2D eigenvalue weighted by Gasteiger charge is -2.27. The van der Waals surface area contributed by atoms with Gasteiger partial charge >= 0.3 is 5.97 Å². The van der Waals surface area contributed by atoms with E-state index in [1.807, 2.05) is 19.1 Å². The fourth-order valence-electron chi connectivity index (χ4n) is 3.81. The zero-order chi connectivity index (χ0) is 19.9. The second-order valence-corrected chi connectivity index (χ2v) is 8.44. The van der Waals surface area contributed by atoms with Gasteiger partial charge in [-0.3, -0.25) is 4.79 Å². The summed E-state index contributed by atoms with van der Waals surface area (Å²) in [6, 6.07) is 5.71. The Balaban J connectivity index is 1.79. The molecule has 0 aromatic carbocycles. The normalized spacial score (nSPS) is 15.7. The smallest absolute Gasteiger partial charge is 0.331 e. The fourth-order valence-corrected chi connectivity index (χ4v) is 4.64. The van der Waals surface area contributed by atoms with Gasteiger partial charge in [-0.1, -0.05) is 18.0 Å². The molecule has 1 fully saturated rings. The Morgan fingerprint density at radius 2 is 2.00 bits per heavy atom. The number of hydrogen-bond donors (Lipinski definition) is 1. The molecule has 1 aliphatic carbocycles.